The van der Waals surface area contributed by atoms with Crippen LogP contribution in [0.4, 0.5) is 0 Å². The average Bonchev–Trinajstić information content (AvgIpc) is 2.58. The molecule has 0 aliphatic rings. The molecule has 1 aromatic heterocycles. The molecule has 0 aliphatic heterocycles. The maximum Gasteiger partial charge on any atom is 0.212 e. The van der Waals surface area contributed by atoms with Gasteiger partial charge in [0.15, 0.2) is 6.20 Å². The molecule has 0 bridgehead atoms. The van der Waals surface area contributed by atoms with Crippen LogP contribution in [0.1, 0.15) is 65.5 Å². The van der Waals surface area contributed by atoms with Crippen LogP contribution in [0.5, 0.6) is 0 Å². The fraction of sp³-hybridized carbons (Fsp3) is 0.421. The average molecular weight is 280 g/mol. The van der Waals surface area contributed by atoms with Gasteiger partial charge in [0.1, 0.15) is 7.05 Å². The SMILES string of the molecule is [2H]C([2H])([2H])CC([2H])(c1ccc(-c2ccc(C([2H])([2H])[2H])c[n+]2C)c(C)c1)C([2H])([2H])C([2H])([2H])[2H]. The first-order valence-corrected chi connectivity index (χ1v) is 6.32. The molecule has 0 saturated carbocycles. The van der Waals surface area contributed by atoms with Crippen LogP contribution in [0.15, 0.2) is 36.5 Å². The summed E-state index contributed by atoms with van der Waals surface area (Å²) >= 11 is 0. The van der Waals surface area contributed by atoms with Gasteiger partial charge in [-0.3, -0.25) is 0 Å². The molecule has 0 N–H and O–H groups in total. The Morgan fingerprint density at radius 1 is 1.30 bits per heavy atom. The van der Waals surface area contributed by atoms with Gasteiger partial charge >= 0.3 is 0 Å². The number of aromatic nitrogens is 1. The maximum absolute atomic E-state index is 8.72. The number of nitrogens with zero attached hydrogens (tertiary/aromatic N) is 1. The highest BCUT2D eigenvalue weighted by atomic mass is 14.9. The summed E-state index contributed by atoms with van der Waals surface area (Å²) in [5.74, 6) is -2.56. The molecule has 0 aliphatic carbocycles. The van der Waals surface area contributed by atoms with Crippen LogP contribution in [0.3, 0.4) is 0 Å². The third kappa shape index (κ3) is 2.92. The van der Waals surface area contributed by atoms with Crippen LogP contribution in [-0.2, 0) is 7.05 Å². The first-order chi connectivity index (χ1) is 14.2. The second kappa shape index (κ2) is 6.21. The van der Waals surface area contributed by atoms with Gasteiger partial charge in [-0.25, -0.2) is 4.57 Å². The summed E-state index contributed by atoms with van der Waals surface area (Å²) in [4.78, 5) is 0. The summed E-state index contributed by atoms with van der Waals surface area (Å²) in [5, 5.41) is 0. The molecule has 1 atom stereocenters. The van der Waals surface area contributed by atoms with E-state index in [1.807, 2.05) is 0 Å². The number of hydrogen-bond donors (Lipinski definition) is 0. The highest BCUT2D eigenvalue weighted by Crippen LogP contribution is 2.28. The van der Waals surface area contributed by atoms with E-state index in [9.17, 15) is 0 Å². The predicted octanol–water partition coefficient (Wildman–Crippen LogP) is 4.70. The fourth-order valence-electron chi connectivity index (χ4n) is 2.24. The van der Waals surface area contributed by atoms with Gasteiger partial charge in [-0.15, -0.1) is 0 Å². The maximum atomic E-state index is 8.72. The molecule has 2 rings (SSSR count). The lowest BCUT2D eigenvalue weighted by atomic mass is 9.90. The lowest BCUT2D eigenvalue weighted by molar-refractivity contribution is -0.660. The fourth-order valence-corrected chi connectivity index (χ4v) is 2.24. The summed E-state index contributed by atoms with van der Waals surface area (Å²) in [7, 11) is 1.68. The molecule has 20 heavy (non-hydrogen) atoms. The second-order valence-corrected chi connectivity index (χ2v) is 4.72. The van der Waals surface area contributed by atoms with E-state index >= 15 is 0 Å². The third-order valence-corrected chi connectivity index (χ3v) is 3.31. The van der Waals surface area contributed by atoms with Gasteiger partial charge in [0, 0.05) is 33.6 Å². The van der Waals surface area contributed by atoms with Gasteiger partial charge in [0.2, 0.25) is 5.69 Å². The molecule has 1 unspecified atom stereocenters. The highest BCUT2D eigenvalue weighted by Gasteiger charge is 2.14. The molecule has 0 amide bonds. The van der Waals surface area contributed by atoms with E-state index in [2.05, 4.69) is 0 Å². The van der Waals surface area contributed by atoms with E-state index in [1.54, 1.807) is 30.7 Å². The Kier molecular flexibility index (Phi) is 1.75. The molecule has 1 heteroatoms. The zero-order valence-electron chi connectivity index (χ0n) is 23.6. The number of benzene rings is 1. The van der Waals surface area contributed by atoms with Gasteiger partial charge in [0.25, 0.3) is 0 Å². The Balaban J connectivity index is 2.64. The van der Waals surface area contributed by atoms with E-state index in [0.717, 1.165) is 0 Å². The largest absolute Gasteiger partial charge is 0.212 e. The molecule has 106 valence electrons. The van der Waals surface area contributed by atoms with E-state index in [-0.39, 0.29) is 11.1 Å². The molecule has 0 saturated heterocycles. The highest BCUT2D eigenvalue weighted by molar-refractivity contribution is 5.61. The van der Waals surface area contributed by atoms with Gasteiger partial charge in [-0.2, -0.15) is 0 Å². The summed E-state index contributed by atoms with van der Waals surface area (Å²) in [6.07, 6.45) is -2.63. The monoisotopic (exact) mass is 280 g/mol. The molecular weight excluding hydrogens is 242 g/mol. The van der Waals surface area contributed by atoms with E-state index in [1.165, 1.54) is 24.4 Å². The normalized spacial score (nSPS) is 25.5. The van der Waals surface area contributed by atoms with Crippen molar-refractivity contribution >= 4 is 0 Å². The summed E-state index contributed by atoms with van der Waals surface area (Å²) in [6, 6.07) is 7.46. The summed E-state index contributed by atoms with van der Waals surface area (Å²) in [6.45, 7) is -6.54. The molecular formula is C19H26N+. The molecule has 0 radical (unpaired) electrons. The Morgan fingerprint density at radius 3 is 2.85 bits per heavy atom. The minimum atomic E-state index is -3.22. The number of rotatable bonds is 4. The minimum Gasteiger partial charge on any atom is -0.201 e. The molecule has 1 nitrogen and oxygen atoms in total. The number of pyridine rings is 1. The smallest absolute Gasteiger partial charge is 0.201 e. The van der Waals surface area contributed by atoms with Crippen LogP contribution in [-0.4, -0.2) is 0 Å². The number of aryl methyl sites for hydroxylation is 3. The van der Waals surface area contributed by atoms with Crippen molar-refractivity contribution in [2.75, 3.05) is 0 Å². The second-order valence-electron chi connectivity index (χ2n) is 4.72. The van der Waals surface area contributed by atoms with Crippen LogP contribution in [0.2, 0.25) is 0 Å². The molecule has 0 spiro atoms. The Bertz CT molecular complexity index is 987. The van der Waals surface area contributed by atoms with Crippen LogP contribution in [0, 0.1) is 13.8 Å². The zero-order chi connectivity index (χ0) is 24.9. The lowest BCUT2D eigenvalue weighted by Crippen LogP contribution is -2.31. The van der Waals surface area contributed by atoms with E-state index in [4.69, 9.17) is 16.4 Å². The summed E-state index contributed by atoms with van der Waals surface area (Å²) < 4.78 is 94.7. The predicted molar refractivity (Wildman–Crippen MR) is 85.9 cm³/mol. The van der Waals surface area contributed by atoms with Gasteiger partial charge in [-0.05, 0) is 55.7 Å². The minimum absolute atomic E-state index is 0.0576. The van der Waals surface area contributed by atoms with Crippen molar-refractivity contribution < 1.29 is 21.0 Å². The van der Waals surface area contributed by atoms with Crippen molar-refractivity contribution in [2.45, 2.75) is 46.2 Å². The Hall–Kier alpha value is -1.63. The van der Waals surface area contributed by atoms with Crippen molar-refractivity contribution in [3.8, 4) is 11.3 Å². The van der Waals surface area contributed by atoms with E-state index < -0.39 is 39.2 Å². The lowest BCUT2D eigenvalue weighted by Gasteiger charge is -2.15. The molecule has 0 fully saturated rings. The Morgan fingerprint density at radius 2 is 2.20 bits per heavy atom. The van der Waals surface area contributed by atoms with Gasteiger partial charge in [0.05, 0.1) is 0 Å². The topological polar surface area (TPSA) is 3.88 Å². The van der Waals surface area contributed by atoms with Gasteiger partial charge in [-0.1, -0.05) is 25.8 Å². The van der Waals surface area contributed by atoms with Crippen molar-refractivity contribution in [3.05, 3.63) is 53.2 Å². The number of hydrogen-bond acceptors (Lipinski definition) is 0. The molecule has 1 heterocycles. The third-order valence-electron chi connectivity index (χ3n) is 3.31. The quantitative estimate of drug-likeness (QED) is 0.715. The standard InChI is InChI=1S/C19H26N/c1-6-16(7-2)17-9-10-18(15(4)12-17)19-11-8-14(3)13-20(19)5/h8-13,16H,6-7H2,1-5H3/q+1/i1D3,2D3,3D3,6D2,16D. The first-order valence-electron chi connectivity index (χ1n) is 12.3. The van der Waals surface area contributed by atoms with Crippen LogP contribution < -0.4 is 4.57 Å². The van der Waals surface area contributed by atoms with Crippen molar-refractivity contribution in [1.29, 1.82) is 0 Å². The van der Waals surface area contributed by atoms with Crippen LogP contribution >= 0.6 is 0 Å². The summed E-state index contributed by atoms with van der Waals surface area (Å²) in [5.41, 5.74) is 1.96. The molecule has 2 aromatic rings. The Labute approximate surface area is 140 Å². The van der Waals surface area contributed by atoms with Crippen molar-refractivity contribution in [2.24, 2.45) is 7.05 Å². The van der Waals surface area contributed by atoms with Crippen molar-refractivity contribution in [1.82, 2.24) is 0 Å². The first kappa shape index (κ1) is 5.63. The van der Waals surface area contributed by atoms with E-state index in [0.29, 0.717) is 16.8 Å². The van der Waals surface area contributed by atoms with Crippen molar-refractivity contribution in [3.63, 3.8) is 0 Å². The van der Waals surface area contributed by atoms with Crippen LogP contribution in [0.25, 0.3) is 11.3 Å². The van der Waals surface area contributed by atoms with Gasteiger partial charge < -0.3 is 0 Å². The molecule has 1 aromatic carbocycles. The zero-order valence-corrected chi connectivity index (χ0v) is 11.6.